The number of halogens is 1. The Kier molecular flexibility index (Phi) is 5.15. The zero-order chi connectivity index (χ0) is 16.9. The molecule has 1 saturated heterocycles. The Balaban J connectivity index is 1.60. The number of anilines is 2. The Bertz CT molecular complexity index is 766. The Morgan fingerprint density at radius 1 is 1.21 bits per heavy atom. The maximum absolute atomic E-state index is 13.5. The monoisotopic (exact) mass is 344 g/mol. The summed E-state index contributed by atoms with van der Waals surface area (Å²) in [6.45, 7) is 0.708. The molecule has 2 amide bonds. The number of benzene rings is 2. The minimum Gasteiger partial charge on any atom is -0.325 e. The van der Waals surface area contributed by atoms with Crippen molar-refractivity contribution in [1.82, 2.24) is 0 Å². The molecule has 1 fully saturated rings. The van der Waals surface area contributed by atoms with E-state index in [0.717, 1.165) is 23.9 Å². The van der Waals surface area contributed by atoms with Crippen molar-refractivity contribution in [2.75, 3.05) is 22.5 Å². The van der Waals surface area contributed by atoms with Crippen LogP contribution in [-0.2, 0) is 9.59 Å². The Hall–Kier alpha value is -2.34. The Labute approximate surface area is 144 Å². The summed E-state index contributed by atoms with van der Waals surface area (Å²) in [5.74, 6) is -0.319. The molecule has 0 spiro atoms. The average molecular weight is 344 g/mol. The van der Waals surface area contributed by atoms with Gasteiger partial charge in [-0.15, -0.1) is 11.8 Å². The van der Waals surface area contributed by atoms with Crippen LogP contribution in [0.2, 0.25) is 0 Å². The van der Waals surface area contributed by atoms with Gasteiger partial charge in [0.15, 0.2) is 0 Å². The van der Waals surface area contributed by atoms with E-state index in [1.165, 1.54) is 6.07 Å². The Morgan fingerprint density at radius 2 is 2.04 bits per heavy atom. The summed E-state index contributed by atoms with van der Waals surface area (Å²) in [6, 6.07) is 13.6. The smallest absolute Gasteiger partial charge is 0.234 e. The van der Waals surface area contributed by atoms with Crippen molar-refractivity contribution in [2.45, 2.75) is 17.7 Å². The van der Waals surface area contributed by atoms with E-state index in [0.29, 0.717) is 23.5 Å². The first-order valence-corrected chi connectivity index (χ1v) is 8.69. The van der Waals surface area contributed by atoms with Gasteiger partial charge in [-0.25, -0.2) is 4.39 Å². The second-order valence-corrected chi connectivity index (χ2v) is 6.48. The van der Waals surface area contributed by atoms with Crippen LogP contribution in [0.15, 0.2) is 53.4 Å². The van der Waals surface area contributed by atoms with Crippen LogP contribution >= 0.6 is 11.8 Å². The van der Waals surface area contributed by atoms with Gasteiger partial charge in [0, 0.05) is 29.2 Å². The van der Waals surface area contributed by atoms with Gasteiger partial charge in [-0.1, -0.05) is 18.2 Å². The lowest BCUT2D eigenvalue weighted by atomic mass is 10.2. The summed E-state index contributed by atoms with van der Waals surface area (Å²) in [7, 11) is 0. The number of hydrogen-bond donors (Lipinski definition) is 1. The molecular formula is C18H17FN2O2S. The SMILES string of the molecule is O=C(CSc1ccccc1F)Nc1cccc(N2CCCC2=O)c1. The average Bonchev–Trinajstić information content (AvgIpc) is 3.00. The number of carbonyl (C=O) groups excluding carboxylic acids is 2. The van der Waals surface area contributed by atoms with Crippen LogP contribution in [0.4, 0.5) is 15.8 Å². The Morgan fingerprint density at radius 3 is 2.79 bits per heavy atom. The third-order valence-corrected chi connectivity index (χ3v) is 4.76. The van der Waals surface area contributed by atoms with Gasteiger partial charge in [-0.3, -0.25) is 9.59 Å². The van der Waals surface area contributed by atoms with Crippen molar-refractivity contribution >= 4 is 35.0 Å². The first kappa shape index (κ1) is 16.5. The predicted molar refractivity (Wildman–Crippen MR) is 93.8 cm³/mol. The molecule has 0 unspecified atom stereocenters. The third-order valence-electron chi connectivity index (χ3n) is 3.71. The van der Waals surface area contributed by atoms with Crippen LogP contribution in [-0.4, -0.2) is 24.1 Å². The minimum atomic E-state index is -0.329. The molecule has 0 atom stereocenters. The number of thioether (sulfide) groups is 1. The first-order valence-electron chi connectivity index (χ1n) is 7.71. The minimum absolute atomic E-state index is 0.105. The fraction of sp³-hybridized carbons (Fsp3) is 0.222. The van der Waals surface area contributed by atoms with Gasteiger partial charge in [0.05, 0.1) is 5.75 Å². The van der Waals surface area contributed by atoms with Crippen molar-refractivity contribution in [3.05, 3.63) is 54.3 Å². The van der Waals surface area contributed by atoms with Crippen LogP contribution in [0.5, 0.6) is 0 Å². The molecule has 124 valence electrons. The van der Waals surface area contributed by atoms with E-state index < -0.39 is 0 Å². The highest BCUT2D eigenvalue weighted by Gasteiger charge is 2.21. The summed E-state index contributed by atoms with van der Waals surface area (Å²) in [6.07, 6.45) is 1.42. The highest BCUT2D eigenvalue weighted by molar-refractivity contribution is 8.00. The summed E-state index contributed by atoms with van der Waals surface area (Å²) in [5.41, 5.74) is 1.42. The van der Waals surface area contributed by atoms with Crippen molar-refractivity contribution in [2.24, 2.45) is 0 Å². The van der Waals surface area contributed by atoms with Gasteiger partial charge in [0.1, 0.15) is 5.82 Å². The number of rotatable bonds is 5. The van der Waals surface area contributed by atoms with Crippen molar-refractivity contribution < 1.29 is 14.0 Å². The molecule has 0 aromatic heterocycles. The number of nitrogens with one attached hydrogen (secondary N) is 1. The van der Waals surface area contributed by atoms with E-state index in [1.807, 2.05) is 6.07 Å². The quantitative estimate of drug-likeness (QED) is 0.842. The molecule has 0 bridgehead atoms. The zero-order valence-electron chi connectivity index (χ0n) is 13.0. The van der Waals surface area contributed by atoms with E-state index in [1.54, 1.807) is 41.3 Å². The fourth-order valence-electron chi connectivity index (χ4n) is 2.57. The van der Waals surface area contributed by atoms with Gasteiger partial charge >= 0.3 is 0 Å². The summed E-state index contributed by atoms with van der Waals surface area (Å²) in [5, 5.41) is 2.79. The van der Waals surface area contributed by atoms with Crippen LogP contribution in [0, 0.1) is 5.82 Å². The molecule has 1 heterocycles. The number of carbonyl (C=O) groups is 2. The normalized spacial score (nSPS) is 14.0. The molecule has 0 radical (unpaired) electrons. The third kappa shape index (κ3) is 3.94. The van der Waals surface area contributed by atoms with Gasteiger partial charge in [0.2, 0.25) is 11.8 Å². The maximum Gasteiger partial charge on any atom is 0.234 e. The predicted octanol–water partition coefficient (Wildman–Crippen LogP) is 3.68. The molecule has 1 aliphatic rings. The molecule has 24 heavy (non-hydrogen) atoms. The lowest BCUT2D eigenvalue weighted by Gasteiger charge is -2.16. The molecule has 0 aliphatic carbocycles. The topological polar surface area (TPSA) is 49.4 Å². The maximum atomic E-state index is 13.5. The van der Waals surface area contributed by atoms with Crippen LogP contribution < -0.4 is 10.2 Å². The van der Waals surface area contributed by atoms with E-state index in [2.05, 4.69) is 5.32 Å². The van der Waals surface area contributed by atoms with Gasteiger partial charge < -0.3 is 10.2 Å². The number of nitrogens with zero attached hydrogens (tertiary/aromatic N) is 1. The highest BCUT2D eigenvalue weighted by atomic mass is 32.2. The van der Waals surface area contributed by atoms with E-state index >= 15 is 0 Å². The summed E-state index contributed by atoms with van der Waals surface area (Å²) < 4.78 is 13.5. The second-order valence-electron chi connectivity index (χ2n) is 5.47. The largest absolute Gasteiger partial charge is 0.325 e. The van der Waals surface area contributed by atoms with Crippen molar-refractivity contribution in [3.63, 3.8) is 0 Å². The lowest BCUT2D eigenvalue weighted by Crippen LogP contribution is -2.23. The number of hydrogen-bond acceptors (Lipinski definition) is 3. The summed E-state index contributed by atoms with van der Waals surface area (Å²) >= 11 is 1.15. The van der Waals surface area contributed by atoms with Crippen molar-refractivity contribution in [1.29, 1.82) is 0 Å². The van der Waals surface area contributed by atoms with Crippen LogP contribution in [0.3, 0.4) is 0 Å². The molecule has 3 rings (SSSR count). The molecule has 0 saturated carbocycles. The standard InChI is InChI=1S/C18H17FN2O2S/c19-15-7-1-2-8-16(15)24-12-17(22)20-13-5-3-6-14(11-13)21-10-4-9-18(21)23/h1-3,5-8,11H,4,9-10,12H2,(H,20,22). The van der Waals surface area contributed by atoms with Gasteiger partial charge in [-0.05, 0) is 36.8 Å². The van der Waals surface area contributed by atoms with Crippen LogP contribution in [0.25, 0.3) is 0 Å². The molecule has 2 aromatic rings. The lowest BCUT2D eigenvalue weighted by molar-refractivity contribution is -0.117. The second kappa shape index (κ2) is 7.49. The molecule has 1 aliphatic heterocycles. The van der Waals surface area contributed by atoms with E-state index in [9.17, 15) is 14.0 Å². The van der Waals surface area contributed by atoms with Crippen molar-refractivity contribution in [3.8, 4) is 0 Å². The molecule has 2 aromatic carbocycles. The van der Waals surface area contributed by atoms with Gasteiger partial charge in [-0.2, -0.15) is 0 Å². The van der Waals surface area contributed by atoms with E-state index in [4.69, 9.17) is 0 Å². The van der Waals surface area contributed by atoms with E-state index in [-0.39, 0.29) is 23.4 Å². The molecule has 6 heteroatoms. The number of amides is 2. The highest BCUT2D eigenvalue weighted by Crippen LogP contribution is 2.25. The van der Waals surface area contributed by atoms with Gasteiger partial charge in [0.25, 0.3) is 0 Å². The zero-order valence-corrected chi connectivity index (χ0v) is 13.8. The molecular weight excluding hydrogens is 327 g/mol. The first-order chi connectivity index (χ1) is 11.6. The summed E-state index contributed by atoms with van der Waals surface area (Å²) in [4.78, 5) is 26.0. The fourth-order valence-corrected chi connectivity index (χ4v) is 3.31. The molecule has 4 nitrogen and oxygen atoms in total. The molecule has 1 N–H and O–H groups in total. The van der Waals surface area contributed by atoms with Crippen LogP contribution in [0.1, 0.15) is 12.8 Å².